The molecule has 122 valence electrons. The van der Waals surface area contributed by atoms with Gasteiger partial charge in [0.25, 0.3) is 0 Å². The van der Waals surface area contributed by atoms with Crippen molar-refractivity contribution in [3.8, 4) is 0 Å². The van der Waals surface area contributed by atoms with Crippen molar-refractivity contribution in [1.82, 2.24) is 10.2 Å². The molecule has 1 aliphatic rings. The summed E-state index contributed by atoms with van der Waals surface area (Å²) in [6.07, 6.45) is 0.887. The summed E-state index contributed by atoms with van der Waals surface area (Å²) in [4.78, 5) is 15.5. The molecule has 1 aromatic heterocycles. The Morgan fingerprint density at radius 2 is 1.96 bits per heavy atom. The van der Waals surface area contributed by atoms with Gasteiger partial charge in [-0.25, -0.2) is 0 Å². The number of morpholine rings is 1. The molecule has 0 radical (unpaired) electrons. The molecule has 1 fully saturated rings. The molecule has 1 unspecified atom stereocenters. The minimum absolute atomic E-state index is 0.155. The van der Waals surface area contributed by atoms with E-state index in [0.717, 1.165) is 6.42 Å². The molecule has 1 N–H and O–H groups in total. The first-order valence-corrected chi connectivity index (χ1v) is 8.87. The fourth-order valence-electron chi connectivity index (χ4n) is 2.75. The van der Waals surface area contributed by atoms with E-state index in [2.05, 4.69) is 47.1 Å². The van der Waals surface area contributed by atoms with Gasteiger partial charge in [-0.3, -0.25) is 4.79 Å². The lowest BCUT2D eigenvalue weighted by atomic mass is 10.0. The van der Waals surface area contributed by atoms with Gasteiger partial charge in [0.15, 0.2) is 0 Å². The molecule has 0 bridgehead atoms. The standard InChI is InChI=1S/C18H22N2O2S/c21-18(20-8-10-22-11-9-20)14-19-16(17-7-4-12-23-17)13-15-5-2-1-3-6-15/h1-7,12,16,19H,8-11,13-14H2. The third kappa shape index (κ3) is 4.64. The zero-order valence-corrected chi connectivity index (χ0v) is 13.9. The maximum Gasteiger partial charge on any atom is 0.236 e. The summed E-state index contributed by atoms with van der Waals surface area (Å²) in [5.41, 5.74) is 1.28. The average Bonchev–Trinajstić information content (AvgIpc) is 3.14. The van der Waals surface area contributed by atoms with Crippen molar-refractivity contribution in [2.45, 2.75) is 12.5 Å². The minimum Gasteiger partial charge on any atom is -0.378 e. The van der Waals surface area contributed by atoms with Crippen LogP contribution in [0.3, 0.4) is 0 Å². The van der Waals surface area contributed by atoms with Crippen LogP contribution in [-0.2, 0) is 16.0 Å². The quantitative estimate of drug-likeness (QED) is 0.885. The van der Waals surface area contributed by atoms with Crippen LogP contribution >= 0.6 is 11.3 Å². The van der Waals surface area contributed by atoms with Crippen LogP contribution in [0.2, 0.25) is 0 Å². The Hall–Kier alpha value is -1.69. The van der Waals surface area contributed by atoms with E-state index in [4.69, 9.17) is 4.74 Å². The van der Waals surface area contributed by atoms with Gasteiger partial charge in [0, 0.05) is 24.0 Å². The fraction of sp³-hybridized carbons (Fsp3) is 0.389. The highest BCUT2D eigenvalue weighted by Crippen LogP contribution is 2.22. The molecular formula is C18H22N2O2S. The van der Waals surface area contributed by atoms with Crippen LogP contribution in [-0.4, -0.2) is 43.7 Å². The maximum absolute atomic E-state index is 12.3. The summed E-state index contributed by atoms with van der Waals surface area (Å²) in [6, 6.07) is 14.8. The molecular weight excluding hydrogens is 308 g/mol. The van der Waals surface area contributed by atoms with E-state index in [1.165, 1.54) is 10.4 Å². The zero-order valence-electron chi connectivity index (χ0n) is 13.1. The van der Waals surface area contributed by atoms with Gasteiger partial charge in [-0.15, -0.1) is 11.3 Å². The zero-order chi connectivity index (χ0) is 15.9. The van der Waals surface area contributed by atoms with Gasteiger partial charge in [-0.05, 0) is 23.4 Å². The van der Waals surface area contributed by atoms with Gasteiger partial charge >= 0.3 is 0 Å². The van der Waals surface area contributed by atoms with Crippen LogP contribution in [0.1, 0.15) is 16.5 Å². The highest BCUT2D eigenvalue weighted by Gasteiger charge is 2.19. The largest absolute Gasteiger partial charge is 0.378 e. The van der Waals surface area contributed by atoms with Crippen molar-refractivity contribution >= 4 is 17.2 Å². The third-order valence-corrected chi connectivity index (χ3v) is 5.02. The van der Waals surface area contributed by atoms with E-state index < -0.39 is 0 Å². The molecule has 0 aliphatic carbocycles. The van der Waals surface area contributed by atoms with Crippen molar-refractivity contribution < 1.29 is 9.53 Å². The number of nitrogens with zero attached hydrogens (tertiary/aromatic N) is 1. The van der Waals surface area contributed by atoms with Crippen molar-refractivity contribution in [1.29, 1.82) is 0 Å². The van der Waals surface area contributed by atoms with Crippen LogP contribution < -0.4 is 5.32 Å². The molecule has 0 saturated carbocycles. The van der Waals surface area contributed by atoms with Gasteiger partial charge in [-0.1, -0.05) is 36.4 Å². The summed E-state index contributed by atoms with van der Waals surface area (Å²) in [7, 11) is 0. The molecule has 1 aliphatic heterocycles. The molecule has 3 rings (SSSR count). The lowest BCUT2D eigenvalue weighted by Crippen LogP contribution is -2.45. The topological polar surface area (TPSA) is 41.6 Å². The van der Waals surface area contributed by atoms with E-state index in [-0.39, 0.29) is 11.9 Å². The van der Waals surface area contributed by atoms with Crippen molar-refractivity contribution in [3.63, 3.8) is 0 Å². The highest BCUT2D eigenvalue weighted by molar-refractivity contribution is 7.10. The first-order valence-electron chi connectivity index (χ1n) is 7.99. The van der Waals surface area contributed by atoms with Crippen molar-refractivity contribution in [2.75, 3.05) is 32.8 Å². The first-order chi connectivity index (χ1) is 11.3. The molecule has 2 aromatic rings. The van der Waals surface area contributed by atoms with Gasteiger partial charge < -0.3 is 15.0 Å². The lowest BCUT2D eigenvalue weighted by molar-refractivity contribution is -0.134. The second kappa shape index (κ2) is 8.24. The highest BCUT2D eigenvalue weighted by atomic mass is 32.1. The Labute approximate surface area is 141 Å². The number of rotatable bonds is 6. The van der Waals surface area contributed by atoms with E-state index in [1.807, 2.05) is 11.0 Å². The van der Waals surface area contributed by atoms with Gasteiger partial charge in [0.05, 0.1) is 19.8 Å². The SMILES string of the molecule is O=C(CNC(Cc1ccccc1)c1cccs1)N1CCOCC1. The molecule has 0 spiro atoms. The van der Waals surface area contributed by atoms with E-state index in [1.54, 1.807) is 11.3 Å². The molecule has 5 heteroatoms. The molecule has 2 heterocycles. The van der Waals surface area contributed by atoms with E-state index in [9.17, 15) is 4.79 Å². The Bertz CT molecular complexity index is 595. The molecule has 4 nitrogen and oxygen atoms in total. The Balaban J connectivity index is 1.61. The van der Waals surface area contributed by atoms with Crippen LogP contribution in [0.4, 0.5) is 0 Å². The number of carbonyl (C=O) groups is 1. The number of ether oxygens (including phenoxy) is 1. The number of hydrogen-bond donors (Lipinski definition) is 1. The van der Waals surface area contributed by atoms with Crippen LogP contribution in [0.15, 0.2) is 47.8 Å². The number of thiophene rings is 1. The van der Waals surface area contributed by atoms with Crippen molar-refractivity contribution in [3.05, 3.63) is 58.3 Å². The smallest absolute Gasteiger partial charge is 0.236 e. The third-order valence-electron chi connectivity index (χ3n) is 4.03. The maximum atomic E-state index is 12.3. The van der Waals surface area contributed by atoms with E-state index >= 15 is 0 Å². The summed E-state index contributed by atoms with van der Waals surface area (Å²) in [5.74, 6) is 0.155. The Kier molecular flexibility index (Phi) is 5.80. The Morgan fingerprint density at radius 1 is 1.17 bits per heavy atom. The normalized spacial score (nSPS) is 16.3. The summed E-state index contributed by atoms with van der Waals surface area (Å²) in [6.45, 7) is 3.05. The molecule has 1 aromatic carbocycles. The summed E-state index contributed by atoms with van der Waals surface area (Å²) < 4.78 is 5.30. The second-order valence-corrected chi connectivity index (χ2v) is 6.61. The number of hydrogen-bond acceptors (Lipinski definition) is 4. The minimum atomic E-state index is 0.155. The predicted molar refractivity (Wildman–Crippen MR) is 92.6 cm³/mol. The number of nitrogens with one attached hydrogen (secondary N) is 1. The van der Waals surface area contributed by atoms with Gasteiger partial charge in [0.2, 0.25) is 5.91 Å². The van der Waals surface area contributed by atoms with Crippen molar-refractivity contribution in [2.24, 2.45) is 0 Å². The first kappa shape index (κ1) is 16.2. The van der Waals surface area contributed by atoms with Gasteiger partial charge in [0.1, 0.15) is 0 Å². The average molecular weight is 330 g/mol. The summed E-state index contributed by atoms with van der Waals surface area (Å²) >= 11 is 1.73. The Morgan fingerprint density at radius 3 is 2.65 bits per heavy atom. The van der Waals surface area contributed by atoms with Gasteiger partial charge in [-0.2, -0.15) is 0 Å². The second-order valence-electron chi connectivity index (χ2n) is 5.63. The monoisotopic (exact) mass is 330 g/mol. The van der Waals surface area contributed by atoms with Crippen LogP contribution in [0.25, 0.3) is 0 Å². The number of benzene rings is 1. The van der Waals surface area contributed by atoms with E-state index in [0.29, 0.717) is 32.8 Å². The molecule has 1 saturated heterocycles. The van der Waals surface area contributed by atoms with Crippen LogP contribution in [0.5, 0.6) is 0 Å². The molecule has 23 heavy (non-hydrogen) atoms. The summed E-state index contributed by atoms with van der Waals surface area (Å²) in [5, 5.41) is 5.53. The molecule has 1 atom stereocenters. The predicted octanol–water partition coefficient (Wildman–Crippen LogP) is 2.48. The number of carbonyl (C=O) groups excluding carboxylic acids is 1. The number of amides is 1. The van der Waals surface area contributed by atoms with Crippen LogP contribution in [0, 0.1) is 0 Å². The lowest BCUT2D eigenvalue weighted by Gasteiger charge is -2.28. The molecule has 1 amide bonds. The fourth-order valence-corrected chi connectivity index (χ4v) is 3.55.